The number of benzene rings is 6. The topological polar surface area (TPSA) is 8.17 Å². The molecule has 256 valence electrons. The van der Waals surface area contributed by atoms with Crippen LogP contribution in [0.1, 0.15) is 48.1 Å². The largest absolute Gasteiger partial charge is 0.333 e. The molecule has 0 saturated heterocycles. The normalized spacial score (nSPS) is 17.6. The molecule has 1 aliphatic heterocycles. The molecule has 2 heterocycles. The zero-order chi connectivity index (χ0) is 35.3. The summed E-state index contributed by atoms with van der Waals surface area (Å²) in [4.78, 5) is 2.57. The first-order chi connectivity index (χ1) is 26.8. The molecule has 0 radical (unpaired) electrons. The Morgan fingerprint density at radius 2 is 1.31 bits per heavy atom. The molecule has 5 aliphatic rings. The molecular formula is C52H38N2. The molecule has 2 nitrogen and oxygen atoms in total. The summed E-state index contributed by atoms with van der Waals surface area (Å²) < 4.78 is 2.54. The Morgan fingerprint density at radius 1 is 0.556 bits per heavy atom. The fraction of sp³-hybridized carbons (Fsp3) is 0.115. The average Bonchev–Trinajstić information content (AvgIpc) is 3.87. The molecular weight excluding hydrogens is 653 g/mol. The van der Waals surface area contributed by atoms with Crippen LogP contribution in [0.3, 0.4) is 0 Å². The van der Waals surface area contributed by atoms with Crippen LogP contribution in [0.5, 0.6) is 0 Å². The first kappa shape index (κ1) is 30.1. The lowest BCUT2D eigenvalue weighted by atomic mass is 9.89. The number of hydrogen-bond acceptors (Lipinski definition) is 1. The van der Waals surface area contributed by atoms with Crippen molar-refractivity contribution in [1.29, 1.82) is 0 Å². The van der Waals surface area contributed by atoms with Crippen molar-refractivity contribution in [2.75, 3.05) is 4.90 Å². The molecule has 0 amide bonds. The van der Waals surface area contributed by atoms with Crippen LogP contribution in [-0.4, -0.2) is 10.6 Å². The van der Waals surface area contributed by atoms with Gasteiger partial charge in [-0.3, -0.25) is 0 Å². The van der Waals surface area contributed by atoms with E-state index in [1.54, 1.807) is 0 Å². The maximum absolute atomic E-state index is 2.57. The summed E-state index contributed by atoms with van der Waals surface area (Å²) in [5.41, 5.74) is 21.3. The van der Waals surface area contributed by atoms with E-state index in [0.29, 0.717) is 6.04 Å². The van der Waals surface area contributed by atoms with Crippen LogP contribution in [-0.2, 0) is 6.42 Å². The van der Waals surface area contributed by atoms with Gasteiger partial charge in [0.2, 0.25) is 0 Å². The van der Waals surface area contributed by atoms with E-state index in [1.165, 1.54) is 106 Å². The van der Waals surface area contributed by atoms with Gasteiger partial charge in [-0.15, -0.1) is 0 Å². The number of rotatable bonds is 4. The van der Waals surface area contributed by atoms with Gasteiger partial charge in [-0.25, -0.2) is 0 Å². The Bertz CT molecular complexity index is 2870. The lowest BCUT2D eigenvalue weighted by Gasteiger charge is -2.31. The zero-order valence-electron chi connectivity index (χ0n) is 30.1. The maximum atomic E-state index is 2.57. The minimum Gasteiger partial charge on any atom is -0.333 e. The van der Waals surface area contributed by atoms with Crippen molar-refractivity contribution >= 4 is 44.6 Å². The summed E-state index contributed by atoms with van der Waals surface area (Å²) in [7, 11) is 0. The molecule has 1 atom stereocenters. The molecule has 2 heteroatoms. The van der Waals surface area contributed by atoms with Gasteiger partial charge in [-0.1, -0.05) is 127 Å². The molecule has 0 saturated carbocycles. The van der Waals surface area contributed by atoms with Crippen LogP contribution in [0.4, 0.5) is 5.69 Å². The standard InChI is InChI=1S/C52H38N2/c1-2-11-36(12-3-1)53-49-20-9-7-16-42(49)47-31-34(24-30-50(47)53)35-23-27-43-41-15-6-8-19-48(41)54(51(43)32-35)37-25-21-33(22-26-37)38-28-29-46-40-14-5-4-13-39(40)45-18-10-17-44(38)52(45)46/h2,4-7,9-18,20-29,31-32,50H,1,3,8,19,30H2. The van der Waals surface area contributed by atoms with Crippen molar-refractivity contribution in [2.24, 2.45) is 0 Å². The number of aromatic nitrogens is 1. The molecule has 0 N–H and O–H groups in total. The van der Waals surface area contributed by atoms with Crippen molar-refractivity contribution in [3.63, 3.8) is 0 Å². The minimum atomic E-state index is 0.331. The number of nitrogens with zero attached hydrogens (tertiary/aromatic N) is 2. The Balaban J connectivity index is 0.945. The molecule has 1 unspecified atom stereocenters. The van der Waals surface area contributed by atoms with Gasteiger partial charge in [0.05, 0.1) is 11.6 Å². The minimum absolute atomic E-state index is 0.331. The van der Waals surface area contributed by atoms with Crippen LogP contribution >= 0.6 is 0 Å². The molecule has 6 aromatic carbocycles. The SMILES string of the molecule is C1=CC(N2c3ccccc3C3=CC(c4ccc5c6c(n(-c7ccc(-c8ccc9c%10c(cccc8%10)-c8ccccc8-9)cc7)c5c4)CCC=C6)=CCC32)=CCC1. The molecule has 1 aromatic heterocycles. The van der Waals surface area contributed by atoms with Crippen LogP contribution in [0.2, 0.25) is 0 Å². The van der Waals surface area contributed by atoms with Crippen LogP contribution in [0.15, 0.2) is 163 Å². The summed E-state index contributed by atoms with van der Waals surface area (Å²) in [6.45, 7) is 0. The molecule has 54 heavy (non-hydrogen) atoms. The third-order valence-electron chi connectivity index (χ3n) is 12.5. The van der Waals surface area contributed by atoms with Gasteiger partial charge < -0.3 is 9.47 Å². The highest BCUT2D eigenvalue weighted by Crippen LogP contribution is 2.50. The van der Waals surface area contributed by atoms with Gasteiger partial charge >= 0.3 is 0 Å². The highest BCUT2D eigenvalue weighted by Gasteiger charge is 2.36. The van der Waals surface area contributed by atoms with Gasteiger partial charge in [-0.05, 0) is 129 Å². The Hall–Kier alpha value is -6.38. The quantitative estimate of drug-likeness (QED) is 0.178. The van der Waals surface area contributed by atoms with Crippen LogP contribution < -0.4 is 4.90 Å². The lowest BCUT2D eigenvalue weighted by Crippen LogP contribution is -2.31. The number of anilines is 1. The molecule has 7 aromatic rings. The summed E-state index contributed by atoms with van der Waals surface area (Å²) in [5.74, 6) is 0. The number of fused-ring (bicyclic) bond motifs is 9. The Kier molecular flexibility index (Phi) is 6.45. The van der Waals surface area contributed by atoms with E-state index < -0.39 is 0 Å². The summed E-state index contributed by atoms with van der Waals surface area (Å²) in [6.07, 6.45) is 22.0. The predicted molar refractivity (Wildman–Crippen MR) is 228 cm³/mol. The van der Waals surface area contributed by atoms with Crippen LogP contribution in [0.25, 0.3) is 78.0 Å². The van der Waals surface area contributed by atoms with Gasteiger partial charge in [0, 0.05) is 39.3 Å². The van der Waals surface area contributed by atoms with Gasteiger partial charge in [0.25, 0.3) is 0 Å². The van der Waals surface area contributed by atoms with Crippen molar-refractivity contribution in [1.82, 2.24) is 4.57 Å². The van der Waals surface area contributed by atoms with E-state index in [0.717, 1.165) is 32.1 Å². The van der Waals surface area contributed by atoms with E-state index in [1.807, 2.05) is 0 Å². The van der Waals surface area contributed by atoms with Crippen LogP contribution in [0, 0.1) is 0 Å². The zero-order valence-corrected chi connectivity index (χ0v) is 30.1. The van der Waals surface area contributed by atoms with E-state index in [-0.39, 0.29) is 0 Å². The van der Waals surface area contributed by atoms with Gasteiger partial charge in [0.15, 0.2) is 0 Å². The maximum Gasteiger partial charge on any atom is 0.0633 e. The lowest BCUT2D eigenvalue weighted by molar-refractivity contribution is 0.797. The third kappa shape index (κ3) is 4.28. The summed E-state index contributed by atoms with van der Waals surface area (Å²) in [6, 6.07) is 46.1. The summed E-state index contributed by atoms with van der Waals surface area (Å²) >= 11 is 0. The first-order valence-electron chi connectivity index (χ1n) is 19.6. The van der Waals surface area contributed by atoms with Crippen molar-refractivity contribution in [3.8, 4) is 39.1 Å². The predicted octanol–water partition coefficient (Wildman–Crippen LogP) is 13.4. The monoisotopic (exact) mass is 690 g/mol. The number of para-hydroxylation sites is 1. The van der Waals surface area contributed by atoms with Crippen molar-refractivity contribution in [2.45, 2.75) is 38.1 Å². The number of allylic oxidation sites excluding steroid dienone is 6. The second-order valence-corrected chi connectivity index (χ2v) is 15.4. The molecule has 12 rings (SSSR count). The fourth-order valence-corrected chi connectivity index (χ4v) is 10.1. The van der Waals surface area contributed by atoms with Crippen molar-refractivity contribution < 1.29 is 0 Å². The molecule has 0 bridgehead atoms. The number of hydrogen-bond donors (Lipinski definition) is 0. The highest BCUT2D eigenvalue weighted by atomic mass is 15.2. The van der Waals surface area contributed by atoms with Gasteiger partial charge in [0.1, 0.15) is 0 Å². The molecule has 4 aliphatic carbocycles. The Morgan fingerprint density at radius 3 is 2.17 bits per heavy atom. The smallest absolute Gasteiger partial charge is 0.0633 e. The van der Waals surface area contributed by atoms with Crippen molar-refractivity contribution in [3.05, 3.63) is 186 Å². The van der Waals surface area contributed by atoms with E-state index in [4.69, 9.17) is 0 Å². The Labute approximate surface area is 316 Å². The van der Waals surface area contributed by atoms with E-state index in [2.05, 4.69) is 173 Å². The molecule has 0 fully saturated rings. The second kappa shape index (κ2) is 11.6. The van der Waals surface area contributed by atoms with E-state index >= 15 is 0 Å². The summed E-state index contributed by atoms with van der Waals surface area (Å²) in [5, 5.41) is 4.03. The third-order valence-corrected chi connectivity index (χ3v) is 12.5. The molecule has 0 spiro atoms. The average molecular weight is 691 g/mol. The van der Waals surface area contributed by atoms with E-state index in [9.17, 15) is 0 Å². The fourth-order valence-electron chi connectivity index (χ4n) is 10.1. The first-order valence-corrected chi connectivity index (χ1v) is 19.6. The second-order valence-electron chi connectivity index (χ2n) is 15.4. The van der Waals surface area contributed by atoms with Gasteiger partial charge in [-0.2, -0.15) is 0 Å². The highest BCUT2D eigenvalue weighted by molar-refractivity contribution is 6.18.